The van der Waals surface area contributed by atoms with Crippen molar-refractivity contribution in [1.29, 1.82) is 0 Å². The molecule has 13 heteroatoms. The molecule has 0 bridgehead atoms. The highest BCUT2D eigenvalue weighted by Gasteiger charge is 2.55. The smallest absolute Gasteiger partial charge is 0.325 e. The van der Waals surface area contributed by atoms with Gasteiger partial charge in [-0.3, -0.25) is 14.0 Å². The monoisotopic (exact) mass is 417 g/mol. The lowest BCUT2D eigenvalue weighted by Gasteiger charge is -2.48. The molecule has 1 aromatic rings. The number of piperidine rings is 1. The third-order valence-electron chi connectivity index (χ3n) is 6.15. The van der Waals surface area contributed by atoms with Crippen molar-refractivity contribution in [3.8, 4) is 0 Å². The van der Waals surface area contributed by atoms with Gasteiger partial charge >= 0.3 is 5.69 Å². The van der Waals surface area contributed by atoms with Gasteiger partial charge < -0.3 is 19.5 Å². The van der Waals surface area contributed by atoms with E-state index in [2.05, 4.69) is 20.6 Å². The van der Waals surface area contributed by atoms with Crippen LogP contribution in [-0.2, 0) is 14.6 Å². The molecule has 1 aromatic heterocycles. The number of aromatic amines is 2. The van der Waals surface area contributed by atoms with Gasteiger partial charge in [-0.2, -0.15) is 0 Å². The molecule has 0 aromatic carbocycles. The van der Waals surface area contributed by atoms with E-state index in [-0.39, 0.29) is 30.0 Å². The van der Waals surface area contributed by atoms with E-state index in [4.69, 9.17) is 4.18 Å². The third-order valence-corrected chi connectivity index (χ3v) is 6.64. The molecule has 12 nitrogen and oxygen atoms in total. The Morgan fingerprint density at radius 2 is 2.07 bits per heavy atom. The normalized spacial score (nSPS) is 38.8. The molecule has 4 heterocycles. The number of aliphatic hydroxyl groups excluding tert-OH is 1. The summed E-state index contributed by atoms with van der Waals surface area (Å²) in [4.78, 5) is 28.7. The lowest BCUT2D eigenvalue weighted by molar-refractivity contribution is -0.979. The first-order valence-corrected chi connectivity index (χ1v) is 10.5. The van der Waals surface area contributed by atoms with Gasteiger partial charge in [-0.25, -0.2) is 23.8 Å². The highest BCUT2D eigenvalue weighted by atomic mass is 32.3. The van der Waals surface area contributed by atoms with Crippen LogP contribution in [0.5, 0.6) is 0 Å². The van der Waals surface area contributed by atoms with Gasteiger partial charge in [-0.05, 0) is 0 Å². The molecule has 3 aliphatic heterocycles. The summed E-state index contributed by atoms with van der Waals surface area (Å²) in [7, 11) is -4.82. The van der Waals surface area contributed by atoms with Crippen molar-refractivity contribution in [2.24, 2.45) is 5.92 Å². The molecule has 156 valence electrons. The topological polar surface area (TPSA) is 181 Å². The highest BCUT2D eigenvalue weighted by molar-refractivity contribution is 7.80. The molecule has 3 saturated heterocycles. The van der Waals surface area contributed by atoms with Crippen LogP contribution < -0.4 is 26.8 Å². The lowest BCUT2D eigenvalue weighted by atomic mass is 9.81. The average Bonchev–Trinajstić information content (AvgIpc) is 3.01. The standard InChI is InChI=1S/C15H23N5O7S/c1-6-10-5-16-14-17-8(13(22)9-4-12(21)19-15(23)18-9)2-7(20(10)14)3-11(6)27-28(24,25)26/h4,6-8,10-11,13-14,16-17,22H,2-3,5H2,1H3,(H,24,25,26)(H2,18,19,21,23)/t6-,7-,8+,10+,11+,13-,14?/m1/s1. The van der Waals surface area contributed by atoms with Crippen molar-refractivity contribution >= 4 is 10.4 Å². The van der Waals surface area contributed by atoms with Gasteiger partial charge in [0, 0.05) is 24.8 Å². The molecule has 2 unspecified atom stereocenters. The summed E-state index contributed by atoms with van der Waals surface area (Å²) in [5.41, 5.74) is -1.21. The predicted octanol–water partition coefficient (Wildman–Crippen LogP) is -4.15. The summed E-state index contributed by atoms with van der Waals surface area (Å²) >= 11 is 0. The first kappa shape index (κ1) is 19.7. The quantitative estimate of drug-likeness (QED) is 0.209. The highest BCUT2D eigenvalue weighted by Crippen LogP contribution is 2.29. The van der Waals surface area contributed by atoms with Gasteiger partial charge in [0.15, 0.2) is 6.29 Å². The minimum Gasteiger partial charge on any atom is -0.726 e. The molecular weight excluding hydrogens is 394 g/mol. The minimum atomic E-state index is -4.82. The van der Waals surface area contributed by atoms with E-state index in [1.165, 1.54) is 4.90 Å². The molecule has 0 aliphatic carbocycles. The summed E-state index contributed by atoms with van der Waals surface area (Å²) in [6, 6.07) is 0.639. The molecular formula is C15H23N5O7S. The Kier molecular flexibility index (Phi) is 4.94. The first-order chi connectivity index (χ1) is 13.1. The van der Waals surface area contributed by atoms with E-state index in [0.717, 1.165) is 6.07 Å². The number of nitrogens with one attached hydrogen (secondary N) is 5. The number of hydrogen-bond donors (Lipinski definition) is 6. The number of aliphatic hydroxyl groups is 1. The number of rotatable bonds is 4. The molecule has 28 heavy (non-hydrogen) atoms. The average molecular weight is 417 g/mol. The van der Waals surface area contributed by atoms with Crippen molar-refractivity contribution in [3.63, 3.8) is 0 Å². The van der Waals surface area contributed by atoms with Gasteiger partial charge in [0.1, 0.15) is 12.1 Å². The molecule has 0 amide bonds. The van der Waals surface area contributed by atoms with Gasteiger partial charge in [0.2, 0.25) is 10.4 Å². The van der Waals surface area contributed by atoms with Crippen molar-refractivity contribution in [1.82, 2.24) is 20.6 Å². The Bertz CT molecular complexity index is 934. The van der Waals surface area contributed by atoms with Crippen molar-refractivity contribution in [3.05, 3.63) is 32.6 Å². The predicted molar refractivity (Wildman–Crippen MR) is 92.9 cm³/mol. The van der Waals surface area contributed by atoms with Crippen LogP contribution in [0.15, 0.2) is 15.7 Å². The van der Waals surface area contributed by atoms with E-state index in [1.807, 2.05) is 6.92 Å². The summed E-state index contributed by atoms with van der Waals surface area (Å²) < 4.78 is 38.1. The summed E-state index contributed by atoms with van der Waals surface area (Å²) in [5, 5.41) is 17.3. The van der Waals surface area contributed by atoms with Crippen molar-refractivity contribution in [2.75, 3.05) is 6.54 Å². The number of quaternary nitrogens is 1. The largest absolute Gasteiger partial charge is 0.726 e. The maximum atomic E-state index is 11.5. The van der Waals surface area contributed by atoms with Gasteiger partial charge in [0.25, 0.3) is 5.56 Å². The maximum Gasteiger partial charge on any atom is 0.325 e. The van der Waals surface area contributed by atoms with E-state index in [1.54, 1.807) is 0 Å². The third kappa shape index (κ3) is 3.66. The van der Waals surface area contributed by atoms with Crippen LogP contribution in [0.4, 0.5) is 0 Å². The SMILES string of the molecule is C[C@H]1[C@@H](OS(=O)(=O)[O-])C[C@H]2C[C@@H]([C@@H](O)c3cc(=O)[nH]c(=O)[nH]3)NC3NC[C@@H]1[NH+]32. The summed E-state index contributed by atoms with van der Waals surface area (Å²) in [6.07, 6.45) is -1.24. The second kappa shape index (κ2) is 7.02. The van der Waals surface area contributed by atoms with Crippen molar-refractivity contribution in [2.45, 2.75) is 56.4 Å². The zero-order valence-electron chi connectivity index (χ0n) is 15.0. The lowest BCUT2D eigenvalue weighted by Crippen LogP contribution is -3.26. The van der Waals surface area contributed by atoms with Crippen LogP contribution in [0.25, 0.3) is 0 Å². The fourth-order valence-corrected chi connectivity index (χ4v) is 5.51. The number of hydrogen-bond acceptors (Lipinski definition) is 9. The molecule has 8 atom stereocenters. The molecule has 0 radical (unpaired) electrons. The van der Waals surface area contributed by atoms with Crippen LogP contribution in [0.1, 0.15) is 31.6 Å². The van der Waals surface area contributed by atoms with Crippen LogP contribution >= 0.6 is 0 Å². The van der Waals surface area contributed by atoms with Crippen LogP contribution in [-0.4, -0.2) is 65.1 Å². The fraction of sp³-hybridized carbons (Fsp3) is 0.733. The Hall–Kier alpha value is -1.61. The Labute approximate surface area is 160 Å². The Morgan fingerprint density at radius 3 is 2.75 bits per heavy atom. The summed E-state index contributed by atoms with van der Waals surface area (Å²) in [6.45, 7) is 2.48. The van der Waals surface area contributed by atoms with E-state index < -0.39 is 39.9 Å². The second-order valence-electron chi connectivity index (χ2n) is 7.78. The fourth-order valence-electron chi connectivity index (χ4n) is 4.95. The Balaban J connectivity index is 1.57. The Morgan fingerprint density at radius 1 is 1.32 bits per heavy atom. The molecule has 0 saturated carbocycles. The molecule has 0 spiro atoms. The minimum absolute atomic E-state index is 0.0560. The van der Waals surface area contributed by atoms with Crippen LogP contribution in [0.3, 0.4) is 0 Å². The first-order valence-electron chi connectivity index (χ1n) is 9.14. The molecule has 3 aliphatic rings. The van der Waals surface area contributed by atoms with Gasteiger partial charge in [0.05, 0.1) is 30.4 Å². The molecule has 4 rings (SSSR count). The van der Waals surface area contributed by atoms with Crippen LogP contribution in [0, 0.1) is 5.92 Å². The van der Waals surface area contributed by atoms with E-state index in [0.29, 0.717) is 19.4 Å². The molecule has 3 fully saturated rings. The maximum absolute atomic E-state index is 11.5. The number of H-pyrrole nitrogens is 2. The van der Waals surface area contributed by atoms with Crippen molar-refractivity contribution < 1.29 is 27.2 Å². The summed E-state index contributed by atoms with van der Waals surface area (Å²) in [5.74, 6) is -0.139. The number of aromatic nitrogens is 2. The van der Waals surface area contributed by atoms with E-state index >= 15 is 0 Å². The van der Waals surface area contributed by atoms with Crippen LogP contribution in [0.2, 0.25) is 0 Å². The van der Waals surface area contributed by atoms with Gasteiger partial charge in [-0.15, -0.1) is 0 Å². The zero-order chi connectivity index (χ0) is 20.2. The zero-order valence-corrected chi connectivity index (χ0v) is 15.9. The van der Waals surface area contributed by atoms with E-state index in [9.17, 15) is 27.7 Å². The molecule has 6 N–H and O–H groups in total. The van der Waals surface area contributed by atoms with Gasteiger partial charge in [-0.1, -0.05) is 6.92 Å². The second-order valence-corrected chi connectivity index (χ2v) is 8.79.